The summed E-state index contributed by atoms with van der Waals surface area (Å²) in [6.45, 7) is 2.85. The Bertz CT molecular complexity index is 812. The summed E-state index contributed by atoms with van der Waals surface area (Å²) in [6.07, 6.45) is 3.86. The van der Waals surface area contributed by atoms with Gasteiger partial charge in [0.2, 0.25) is 5.95 Å². The summed E-state index contributed by atoms with van der Waals surface area (Å²) in [5.74, 6) is -0.107. The Kier molecular flexibility index (Phi) is 5.27. The molecule has 26 heavy (non-hydrogen) atoms. The predicted octanol–water partition coefficient (Wildman–Crippen LogP) is 2.39. The van der Waals surface area contributed by atoms with Crippen LogP contribution < -0.4 is 5.32 Å². The molecule has 2 aromatic heterocycles. The summed E-state index contributed by atoms with van der Waals surface area (Å²) in [5, 5.41) is 21.9. The fourth-order valence-electron chi connectivity index (χ4n) is 3.03. The molecule has 1 amide bonds. The van der Waals surface area contributed by atoms with E-state index in [0.717, 1.165) is 5.56 Å². The van der Waals surface area contributed by atoms with Gasteiger partial charge in [0.15, 0.2) is 0 Å². The molecule has 3 heterocycles. The Morgan fingerprint density at radius 1 is 1.38 bits per heavy atom. The molecule has 0 spiro atoms. The second-order valence-electron chi connectivity index (χ2n) is 6.27. The van der Waals surface area contributed by atoms with Crippen molar-refractivity contribution in [2.24, 2.45) is 0 Å². The Balaban J connectivity index is 1.76. The molecule has 0 aromatic carbocycles. The van der Waals surface area contributed by atoms with Crippen LogP contribution in [0.4, 0.5) is 10.7 Å². The molecule has 1 saturated heterocycles. The quantitative estimate of drug-likeness (QED) is 0.868. The van der Waals surface area contributed by atoms with Gasteiger partial charge in [0.1, 0.15) is 5.92 Å². The molecule has 1 aliphatic heterocycles. The van der Waals surface area contributed by atoms with Crippen molar-refractivity contribution in [2.45, 2.75) is 31.7 Å². The first-order chi connectivity index (χ1) is 12.6. The summed E-state index contributed by atoms with van der Waals surface area (Å²) in [5.41, 5.74) is 2.11. The first-order valence-corrected chi connectivity index (χ1v) is 8.47. The molecule has 2 N–H and O–H groups in total. The number of aromatic nitrogens is 3. The number of piperidine rings is 1. The van der Waals surface area contributed by atoms with Crippen molar-refractivity contribution in [1.82, 2.24) is 19.9 Å². The third-order valence-corrected chi connectivity index (χ3v) is 4.50. The fraction of sp³-hybridized carbons (Fsp3) is 0.389. The number of carbonyl (C=O) groups is 1. The van der Waals surface area contributed by atoms with Gasteiger partial charge >= 0.3 is 6.09 Å². The van der Waals surface area contributed by atoms with Crippen LogP contribution in [0.2, 0.25) is 0 Å². The number of amides is 1. The molecule has 0 aliphatic carbocycles. The molecule has 1 fully saturated rings. The number of pyridine rings is 1. The third-order valence-electron chi connectivity index (χ3n) is 4.50. The van der Waals surface area contributed by atoms with E-state index in [4.69, 9.17) is 5.11 Å². The number of anilines is 1. The molecule has 2 aromatic rings. The molecular formula is C18H20N6O2. The van der Waals surface area contributed by atoms with Gasteiger partial charge in [-0.2, -0.15) is 5.26 Å². The lowest BCUT2D eigenvalue weighted by atomic mass is 9.99. The summed E-state index contributed by atoms with van der Waals surface area (Å²) >= 11 is 0. The molecule has 0 saturated carbocycles. The lowest BCUT2D eigenvalue weighted by Crippen LogP contribution is -2.41. The fourth-order valence-corrected chi connectivity index (χ4v) is 3.03. The maximum absolute atomic E-state index is 11.0. The first-order valence-electron chi connectivity index (χ1n) is 8.47. The van der Waals surface area contributed by atoms with Gasteiger partial charge in [0.05, 0.1) is 17.5 Å². The third kappa shape index (κ3) is 3.88. The standard InChI is InChI=1S/C18H20N6O2/c1-12-11-21-17(22-13-5-8-24(9-6-13)18(25)26)23-16(12)14(10-19)15-4-2-3-7-20-15/h2-4,7,11,13-14H,5-6,8-9H2,1H3,(H,25,26)(H,21,22,23). The van der Waals surface area contributed by atoms with E-state index in [2.05, 4.69) is 26.3 Å². The van der Waals surface area contributed by atoms with Gasteiger partial charge in [-0.25, -0.2) is 14.8 Å². The van der Waals surface area contributed by atoms with Crippen LogP contribution >= 0.6 is 0 Å². The molecule has 0 bridgehead atoms. The number of hydrogen-bond acceptors (Lipinski definition) is 6. The van der Waals surface area contributed by atoms with Crippen LogP contribution in [0.1, 0.15) is 35.7 Å². The number of nitriles is 1. The predicted molar refractivity (Wildman–Crippen MR) is 94.7 cm³/mol. The van der Waals surface area contributed by atoms with E-state index in [1.54, 1.807) is 18.5 Å². The largest absolute Gasteiger partial charge is 0.465 e. The summed E-state index contributed by atoms with van der Waals surface area (Å²) in [6, 6.07) is 7.84. The maximum atomic E-state index is 11.0. The van der Waals surface area contributed by atoms with E-state index in [0.29, 0.717) is 43.3 Å². The Morgan fingerprint density at radius 2 is 2.15 bits per heavy atom. The number of likely N-dealkylation sites (tertiary alicyclic amines) is 1. The van der Waals surface area contributed by atoms with Crippen LogP contribution in [-0.4, -0.2) is 50.2 Å². The van der Waals surface area contributed by atoms with Crippen molar-refractivity contribution in [3.63, 3.8) is 0 Å². The van der Waals surface area contributed by atoms with Crippen molar-refractivity contribution in [3.05, 3.63) is 47.5 Å². The van der Waals surface area contributed by atoms with Crippen molar-refractivity contribution < 1.29 is 9.90 Å². The van der Waals surface area contributed by atoms with Crippen LogP contribution in [0.25, 0.3) is 0 Å². The zero-order valence-corrected chi connectivity index (χ0v) is 14.5. The average molecular weight is 352 g/mol. The molecular weight excluding hydrogens is 332 g/mol. The second kappa shape index (κ2) is 7.78. The van der Waals surface area contributed by atoms with Crippen molar-refractivity contribution >= 4 is 12.0 Å². The summed E-state index contributed by atoms with van der Waals surface area (Å²) < 4.78 is 0. The van der Waals surface area contributed by atoms with Crippen LogP contribution in [0.3, 0.4) is 0 Å². The average Bonchev–Trinajstić information content (AvgIpc) is 2.66. The van der Waals surface area contributed by atoms with Gasteiger partial charge in [0.25, 0.3) is 0 Å². The molecule has 0 radical (unpaired) electrons. The lowest BCUT2D eigenvalue weighted by molar-refractivity contribution is 0.133. The van der Waals surface area contributed by atoms with Gasteiger partial charge in [-0.15, -0.1) is 0 Å². The second-order valence-corrected chi connectivity index (χ2v) is 6.27. The molecule has 8 heteroatoms. The number of nitrogens with zero attached hydrogens (tertiary/aromatic N) is 5. The number of hydrogen-bond donors (Lipinski definition) is 2. The minimum Gasteiger partial charge on any atom is -0.465 e. The van der Waals surface area contributed by atoms with Crippen LogP contribution in [-0.2, 0) is 0 Å². The molecule has 1 unspecified atom stereocenters. The summed E-state index contributed by atoms with van der Waals surface area (Å²) in [7, 11) is 0. The lowest BCUT2D eigenvalue weighted by Gasteiger charge is -2.30. The van der Waals surface area contributed by atoms with Gasteiger partial charge < -0.3 is 15.3 Å². The van der Waals surface area contributed by atoms with E-state index in [-0.39, 0.29) is 6.04 Å². The maximum Gasteiger partial charge on any atom is 0.407 e. The SMILES string of the molecule is Cc1cnc(NC2CCN(C(=O)O)CC2)nc1C(C#N)c1ccccn1. The zero-order valence-electron chi connectivity index (χ0n) is 14.5. The van der Waals surface area contributed by atoms with Crippen LogP contribution in [0.5, 0.6) is 0 Å². The Morgan fingerprint density at radius 3 is 2.77 bits per heavy atom. The summed E-state index contributed by atoms with van der Waals surface area (Å²) in [4.78, 5) is 25.5. The number of rotatable bonds is 4. The van der Waals surface area contributed by atoms with Crippen molar-refractivity contribution in [3.8, 4) is 6.07 Å². The van der Waals surface area contributed by atoms with Crippen LogP contribution in [0.15, 0.2) is 30.6 Å². The van der Waals surface area contributed by atoms with E-state index in [1.807, 2.05) is 19.1 Å². The van der Waals surface area contributed by atoms with E-state index < -0.39 is 12.0 Å². The van der Waals surface area contributed by atoms with Crippen molar-refractivity contribution in [2.75, 3.05) is 18.4 Å². The van der Waals surface area contributed by atoms with Gasteiger partial charge in [-0.1, -0.05) is 6.07 Å². The highest BCUT2D eigenvalue weighted by Gasteiger charge is 2.24. The van der Waals surface area contributed by atoms with Gasteiger partial charge in [-0.05, 0) is 37.5 Å². The topological polar surface area (TPSA) is 115 Å². The Labute approximate surface area is 151 Å². The van der Waals surface area contributed by atoms with Gasteiger partial charge in [-0.3, -0.25) is 4.98 Å². The highest BCUT2D eigenvalue weighted by Crippen LogP contribution is 2.24. The monoisotopic (exact) mass is 352 g/mol. The first kappa shape index (κ1) is 17.6. The number of aryl methyl sites for hydroxylation is 1. The van der Waals surface area contributed by atoms with Gasteiger partial charge in [0, 0.05) is 31.5 Å². The molecule has 134 valence electrons. The number of carboxylic acid groups (broad SMARTS) is 1. The Hall–Kier alpha value is -3.21. The molecule has 1 aliphatic rings. The number of nitrogens with one attached hydrogen (secondary N) is 1. The minimum absolute atomic E-state index is 0.108. The van der Waals surface area contributed by atoms with E-state index in [1.165, 1.54) is 4.90 Å². The molecule has 1 atom stereocenters. The van der Waals surface area contributed by atoms with E-state index in [9.17, 15) is 10.1 Å². The van der Waals surface area contributed by atoms with E-state index >= 15 is 0 Å². The molecule has 8 nitrogen and oxygen atoms in total. The smallest absolute Gasteiger partial charge is 0.407 e. The van der Waals surface area contributed by atoms with Crippen LogP contribution in [0, 0.1) is 18.3 Å². The molecule has 3 rings (SSSR count). The highest BCUT2D eigenvalue weighted by atomic mass is 16.4. The minimum atomic E-state index is -0.885. The highest BCUT2D eigenvalue weighted by molar-refractivity contribution is 5.65. The van der Waals surface area contributed by atoms with Crippen molar-refractivity contribution in [1.29, 1.82) is 5.26 Å². The normalized spacial score (nSPS) is 15.9. The zero-order chi connectivity index (χ0) is 18.5.